The quantitative estimate of drug-likeness (QED) is 0.0494. The van der Waals surface area contributed by atoms with Gasteiger partial charge in [-0.15, -0.1) is 10.2 Å². The largest absolute Gasteiger partial charge is 0.505 e. The molecule has 5 aromatic rings. The lowest BCUT2D eigenvalue weighted by Crippen LogP contribution is -2.22. The number of phenols is 2. The molecule has 48 heavy (non-hydrogen) atoms. The van der Waals surface area contributed by atoms with Gasteiger partial charge in [0.1, 0.15) is 22.9 Å². The van der Waals surface area contributed by atoms with Crippen LogP contribution in [0.15, 0.2) is 133 Å². The number of nitrogens with zero attached hydrogens (tertiary/aromatic N) is 5. The average molecular weight is 666 g/mol. The van der Waals surface area contributed by atoms with Gasteiger partial charge in [-0.05, 0) is 92.4 Å². The van der Waals surface area contributed by atoms with E-state index in [4.69, 9.17) is 10.3 Å². The summed E-state index contributed by atoms with van der Waals surface area (Å²) in [4.78, 5) is 4.10. The third kappa shape index (κ3) is 9.55. The third-order valence-corrected chi connectivity index (χ3v) is 7.95. The lowest BCUT2D eigenvalue weighted by atomic mass is 10.1. The fourth-order valence-electron chi connectivity index (χ4n) is 4.16. The Morgan fingerprint density at radius 2 is 1.17 bits per heavy atom. The number of benzene rings is 5. The van der Waals surface area contributed by atoms with Gasteiger partial charge in [-0.3, -0.25) is 4.55 Å². The minimum Gasteiger partial charge on any atom is -0.505 e. The molecule has 0 radical (unpaired) electrons. The zero-order valence-corrected chi connectivity index (χ0v) is 27.5. The van der Waals surface area contributed by atoms with Crippen LogP contribution in [0, 0.1) is 27.7 Å². The van der Waals surface area contributed by atoms with Gasteiger partial charge in [0.15, 0.2) is 5.96 Å². The summed E-state index contributed by atoms with van der Waals surface area (Å²) in [6, 6.07) is 28.9. The van der Waals surface area contributed by atoms with Crippen LogP contribution in [-0.2, 0) is 10.1 Å². The van der Waals surface area contributed by atoms with Crippen LogP contribution in [0.4, 0.5) is 34.1 Å². The first kappa shape index (κ1) is 34.9. The van der Waals surface area contributed by atoms with Crippen molar-refractivity contribution >= 4 is 50.2 Å². The first-order valence-electron chi connectivity index (χ1n) is 14.6. The zero-order valence-electron chi connectivity index (χ0n) is 26.7. The molecule has 5 aromatic carbocycles. The summed E-state index contributed by atoms with van der Waals surface area (Å²) < 4.78 is 31.1. The maximum absolute atomic E-state index is 11.1. The Bertz CT molecular complexity index is 2110. The number of rotatable bonds is 7. The van der Waals surface area contributed by atoms with Gasteiger partial charge in [-0.2, -0.15) is 18.6 Å². The Balaban J connectivity index is 0.000000246. The molecule has 5 rings (SSSR count). The smallest absolute Gasteiger partial charge is 0.294 e. The molecule has 0 unspecified atom stereocenters. The van der Waals surface area contributed by atoms with Crippen LogP contribution in [0.5, 0.6) is 11.5 Å². The molecule has 13 heteroatoms. The molecule has 0 saturated carbocycles. The number of nitrogens with two attached hydrogens (primary N) is 1. The normalized spacial score (nSPS) is 11.8. The zero-order chi connectivity index (χ0) is 34.8. The van der Waals surface area contributed by atoms with Gasteiger partial charge in [-0.1, -0.05) is 48.5 Å². The molecule has 0 fully saturated rings. The van der Waals surface area contributed by atoms with E-state index in [1.54, 1.807) is 6.07 Å². The van der Waals surface area contributed by atoms with E-state index in [9.17, 15) is 18.6 Å². The minimum absolute atomic E-state index is 0.0292. The number of azo groups is 2. The molecular formula is C35H35N7O5S. The third-order valence-electron chi connectivity index (χ3n) is 7.09. The van der Waals surface area contributed by atoms with Crippen molar-refractivity contribution in [2.75, 3.05) is 5.32 Å². The summed E-state index contributed by atoms with van der Waals surface area (Å²) in [5.74, 6) is -0.201. The van der Waals surface area contributed by atoms with E-state index in [0.717, 1.165) is 39.7 Å². The number of aryl methyl sites for hydroxylation is 3. The van der Waals surface area contributed by atoms with Gasteiger partial charge in [-0.25, -0.2) is 4.99 Å². The number of nitrogens with one attached hydrogen (secondary N) is 1. The number of hydrogen-bond donors (Lipinski definition) is 5. The molecule has 0 aromatic heterocycles. The van der Waals surface area contributed by atoms with Gasteiger partial charge in [0, 0.05) is 17.8 Å². The molecule has 0 heterocycles. The van der Waals surface area contributed by atoms with Crippen LogP contribution >= 0.6 is 0 Å². The summed E-state index contributed by atoms with van der Waals surface area (Å²) in [6.45, 7) is 7.91. The SMILES string of the molecule is Cc1cccc(N=Nc2cc(N=Nc3ccc(S(=O)(=O)O)cc3)c(O)cc2O)c1C.Cc1ccccc1N=C(N)Nc1ccccc1C. The van der Waals surface area contributed by atoms with Crippen molar-refractivity contribution in [1.82, 2.24) is 0 Å². The van der Waals surface area contributed by atoms with Crippen molar-refractivity contribution in [3.05, 3.63) is 125 Å². The first-order valence-corrected chi connectivity index (χ1v) is 16.0. The van der Waals surface area contributed by atoms with E-state index in [1.807, 2.05) is 88.4 Å². The van der Waals surface area contributed by atoms with Crippen molar-refractivity contribution in [2.45, 2.75) is 32.6 Å². The maximum atomic E-state index is 11.1. The van der Waals surface area contributed by atoms with E-state index in [0.29, 0.717) is 11.6 Å². The molecule has 0 atom stereocenters. The van der Waals surface area contributed by atoms with Crippen molar-refractivity contribution in [3.63, 3.8) is 0 Å². The predicted octanol–water partition coefficient (Wildman–Crippen LogP) is 9.15. The number of para-hydroxylation sites is 2. The Hall–Kier alpha value is -5.92. The van der Waals surface area contributed by atoms with E-state index in [2.05, 4.69) is 30.8 Å². The van der Waals surface area contributed by atoms with E-state index in [1.165, 1.54) is 30.3 Å². The van der Waals surface area contributed by atoms with E-state index >= 15 is 0 Å². The molecule has 0 saturated heterocycles. The summed E-state index contributed by atoms with van der Waals surface area (Å²) in [5, 5.41) is 39.2. The van der Waals surface area contributed by atoms with Crippen LogP contribution in [0.25, 0.3) is 0 Å². The average Bonchev–Trinajstić information content (AvgIpc) is 3.04. The molecule has 0 bridgehead atoms. The topological polar surface area (TPSA) is 195 Å². The molecular weight excluding hydrogens is 630 g/mol. The highest BCUT2D eigenvalue weighted by Crippen LogP contribution is 2.40. The Labute approximate surface area is 278 Å². The van der Waals surface area contributed by atoms with Gasteiger partial charge >= 0.3 is 0 Å². The molecule has 6 N–H and O–H groups in total. The standard InChI is InChI=1S/C20H18N4O5S.C15H17N3/c1-12-4-3-5-16(13(12)2)22-24-18-10-17(19(25)11-20(18)26)23-21-14-6-8-15(9-7-14)30(27,28)29;1-11-7-3-5-9-13(11)17-15(16)18-14-10-6-4-8-12(14)2/h3-11,25-26H,1-2H3,(H,27,28,29);3-10H,1-2H3,(H3,16,17,18). The summed E-state index contributed by atoms with van der Waals surface area (Å²) in [6.07, 6.45) is 0. The number of anilines is 1. The maximum Gasteiger partial charge on any atom is 0.294 e. The van der Waals surface area contributed by atoms with Gasteiger partial charge in [0.2, 0.25) is 0 Å². The second-order valence-corrected chi connectivity index (χ2v) is 12.1. The Morgan fingerprint density at radius 3 is 1.79 bits per heavy atom. The van der Waals surface area contributed by atoms with Crippen LogP contribution in [0.2, 0.25) is 0 Å². The number of hydrogen-bond acceptors (Lipinski definition) is 9. The highest BCUT2D eigenvalue weighted by molar-refractivity contribution is 7.85. The fraction of sp³-hybridized carbons (Fsp3) is 0.114. The Kier molecular flexibility index (Phi) is 11.3. The van der Waals surface area contributed by atoms with E-state index < -0.39 is 10.1 Å². The number of guanidine groups is 1. The number of aromatic hydroxyl groups is 2. The summed E-state index contributed by atoms with van der Waals surface area (Å²) in [5.41, 5.74) is 13.1. The van der Waals surface area contributed by atoms with Gasteiger partial charge < -0.3 is 21.3 Å². The highest BCUT2D eigenvalue weighted by atomic mass is 32.2. The first-order chi connectivity index (χ1) is 22.8. The fourth-order valence-corrected chi connectivity index (χ4v) is 4.64. The lowest BCUT2D eigenvalue weighted by molar-refractivity contribution is 0.452. The van der Waals surface area contributed by atoms with Crippen LogP contribution in [0.1, 0.15) is 22.3 Å². The van der Waals surface area contributed by atoms with Crippen LogP contribution < -0.4 is 11.1 Å². The van der Waals surface area contributed by atoms with Gasteiger partial charge in [0.05, 0.1) is 22.0 Å². The van der Waals surface area contributed by atoms with Crippen molar-refractivity contribution in [3.8, 4) is 11.5 Å². The minimum atomic E-state index is -4.30. The number of aliphatic imine (C=N–C) groups is 1. The summed E-state index contributed by atoms with van der Waals surface area (Å²) >= 11 is 0. The predicted molar refractivity (Wildman–Crippen MR) is 188 cm³/mol. The Morgan fingerprint density at radius 1 is 0.625 bits per heavy atom. The van der Waals surface area contributed by atoms with Crippen molar-refractivity contribution in [1.29, 1.82) is 0 Å². The van der Waals surface area contributed by atoms with Crippen molar-refractivity contribution in [2.24, 2.45) is 31.2 Å². The molecule has 0 aliphatic heterocycles. The summed E-state index contributed by atoms with van der Waals surface area (Å²) in [7, 11) is -4.30. The van der Waals surface area contributed by atoms with Gasteiger partial charge in [0.25, 0.3) is 10.1 Å². The highest BCUT2D eigenvalue weighted by Gasteiger charge is 2.11. The van der Waals surface area contributed by atoms with Crippen LogP contribution in [-0.4, -0.2) is 29.1 Å². The number of phenolic OH excluding ortho intramolecular Hbond substituents is 2. The molecule has 0 amide bonds. The molecule has 0 aliphatic carbocycles. The van der Waals surface area contributed by atoms with E-state index in [-0.39, 0.29) is 33.5 Å². The molecule has 0 spiro atoms. The van der Waals surface area contributed by atoms with Crippen LogP contribution in [0.3, 0.4) is 0 Å². The molecule has 246 valence electrons. The second kappa shape index (κ2) is 15.6. The molecule has 12 nitrogen and oxygen atoms in total. The molecule has 0 aliphatic rings. The monoisotopic (exact) mass is 665 g/mol. The lowest BCUT2D eigenvalue weighted by Gasteiger charge is -2.08. The second-order valence-electron chi connectivity index (χ2n) is 10.6. The van der Waals surface area contributed by atoms with Crippen molar-refractivity contribution < 1.29 is 23.2 Å².